The van der Waals surface area contributed by atoms with Gasteiger partial charge in [0.25, 0.3) is 10.9 Å². The second kappa shape index (κ2) is 8.91. The second-order valence-electron chi connectivity index (χ2n) is 6.99. The van der Waals surface area contributed by atoms with Crippen LogP contribution in [0.5, 0.6) is 0 Å². The van der Waals surface area contributed by atoms with Gasteiger partial charge in [0.05, 0.1) is 6.61 Å². The number of anilines is 2. The van der Waals surface area contributed by atoms with Crippen molar-refractivity contribution in [1.29, 1.82) is 0 Å². The molecule has 0 saturated carbocycles. The van der Waals surface area contributed by atoms with E-state index in [4.69, 9.17) is 4.74 Å². The largest absolute Gasteiger partial charge is 0.450 e. The molecule has 150 valence electrons. The minimum Gasteiger partial charge on any atom is -0.450 e. The van der Waals surface area contributed by atoms with Gasteiger partial charge >= 0.3 is 6.09 Å². The summed E-state index contributed by atoms with van der Waals surface area (Å²) in [5.74, 6) is 0. The van der Waals surface area contributed by atoms with Crippen LogP contribution < -0.4 is 21.1 Å². The van der Waals surface area contributed by atoms with Gasteiger partial charge in [-0.15, -0.1) is 0 Å². The van der Waals surface area contributed by atoms with Gasteiger partial charge in [-0.3, -0.25) is 9.59 Å². The van der Waals surface area contributed by atoms with E-state index in [0.29, 0.717) is 44.2 Å². The van der Waals surface area contributed by atoms with Gasteiger partial charge in [0.2, 0.25) is 0 Å². The number of hydrogen-bond acceptors (Lipinski definition) is 6. The summed E-state index contributed by atoms with van der Waals surface area (Å²) in [5, 5.41) is 3.30. The van der Waals surface area contributed by atoms with Crippen LogP contribution in [-0.4, -0.2) is 49.8 Å². The molecule has 0 aliphatic carbocycles. The number of carbonyl (C=O) groups excluding carboxylic acids is 1. The highest BCUT2D eigenvalue weighted by molar-refractivity contribution is 5.76. The molecule has 1 amide bonds. The lowest BCUT2D eigenvalue weighted by molar-refractivity contribution is 0.105. The molecule has 0 spiro atoms. The topological polar surface area (TPSA) is 79.0 Å². The summed E-state index contributed by atoms with van der Waals surface area (Å²) in [6.07, 6.45) is 1.29. The molecule has 0 aromatic heterocycles. The summed E-state index contributed by atoms with van der Waals surface area (Å²) in [7, 11) is 0. The van der Waals surface area contributed by atoms with Gasteiger partial charge in [-0.05, 0) is 25.3 Å². The van der Waals surface area contributed by atoms with Crippen LogP contribution in [0.15, 0.2) is 39.9 Å². The molecule has 1 N–H and O–H groups in total. The lowest BCUT2D eigenvalue weighted by Gasteiger charge is -2.36. The highest BCUT2D eigenvalue weighted by atomic mass is 16.6. The zero-order chi connectivity index (χ0) is 20.1. The van der Waals surface area contributed by atoms with E-state index in [9.17, 15) is 14.4 Å². The van der Waals surface area contributed by atoms with Gasteiger partial charge in [0.15, 0.2) is 0 Å². The fourth-order valence-electron chi connectivity index (χ4n) is 3.54. The van der Waals surface area contributed by atoms with E-state index in [1.54, 1.807) is 11.8 Å². The Balaban J connectivity index is 1.67. The van der Waals surface area contributed by atoms with E-state index < -0.39 is 10.9 Å². The standard InChI is InChI=1S/C21H27N3O4/c1-3-16(14-15-8-6-5-7-9-15)22-17-18(20(26)19(17)25)23-10-12-24(13-11-23)21(27)28-4-2/h5-9,16,22H,3-4,10-14H2,1-2H3/t16-/m0/s1. The Hall–Kier alpha value is -2.83. The van der Waals surface area contributed by atoms with Gasteiger partial charge in [0.1, 0.15) is 11.4 Å². The normalized spacial score (nSPS) is 15.5. The molecule has 1 aliphatic rings. The number of piperazine rings is 1. The van der Waals surface area contributed by atoms with Crippen molar-refractivity contribution in [2.45, 2.75) is 32.7 Å². The molecule has 1 atom stereocenters. The number of nitrogens with one attached hydrogen (secondary N) is 1. The number of hydrogen-bond donors (Lipinski definition) is 1. The van der Waals surface area contributed by atoms with Crippen molar-refractivity contribution >= 4 is 17.5 Å². The van der Waals surface area contributed by atoms with E-state index in [-0.39, 0.29) is 12.1 Å². The minimum atomic E-state index is -0.450. The lowest BCUT2D eigenvalue weighted by atomic mass is 10.0. The molecule has 1 fully saturated rings. The third-order valence-electron chi connectivity index (χ3n) is 5.17. The highest BCUT2D eigenvalue weighted by Crippen LogP contribution is 2.24. The first-order valence-electron chi connectivity index (χ1n) is 9.85. The van der Waals surface area contributed by atoms with Gasteiger partial charge in [-0.25, -0.2) is 4.79 Å². The Labute approximate surface area is 164 Å². The molecule has 2 aromatic rings. The van der Waals surface area contributed by atoms with Crippen molar-refractivity contribution < 1.29 is 9.53 Å². The molecule has 1 saturated heterocycles. The number of carbonyl (C=O) groups is 1. The average Bonchev–Trinajstić information content (AvgIpc) is 2.73. The summed E-state index contributed by atoms with van der Waals surface area (Å²) in [4.78, 5) is 39.8. The van der Waals surface area contributed by atoms with Crippen LogP contribution in [-0.2, 0) is 11.2 Å². The van der Waals surface area contributed by atoms with E-state index in [2.05, 4.69) is 24.4 Å². The van der Waals surface area contributed by atoms with Crippen molar-refractivity contribution in [3.05, 3.63) is 56.3 Å². The number of benzene rings is 1. The Bertz CT molecular complexity index is 866. The summed E-state index contributed by atoms with van der Waals surface area (Å²) >= 11 is 0. The SMILES string of the molecule is CCOC(=O)N1CCN(c2c(N[C@@H](CC)Cc3ccccc3)c(=O)c2=O)CC1. The van der Waals surface area contributed by atoms with Crippen molar-refractivity contribution in [2.24, 2.45) is 0 Å². The maximum atomic E-state index is 12.2. The zero-order valence-corrected chi connectivity index (χ0v) is 16.4. The van der Waals surface area contributed by atoms with Crippen molar-refractivity contribution in [1.82, 2.24) is 4.90 Å². The quantitative estimate of drug-likeness (QED) is 0.735. The van der Waals surface area contributed by atoms with E-state index in [0.717, 1.165) is 12.8 Å². The summed E-state index contributed by atoms with van der Waals surface area (Å²) in [5.41, 5.74) is 1.17. The van der Waals surface area contributed by atoms with Gasteiger partial charge < -0.3 is 19.9 Å². The molecule has 7 heteroatoms. The van der Waals surface area contributed by atoms with Gasteiger partial charge in [0, 0.05) is 32.2 Å². The van der Waals surface area contributed by atoms with Crippen LogP contribution in [0.4, 0.5) is 16.2 Å². The van der Waals surface area contributed by atoms with Gasteiger partial charge in [-0.1, -0.05) is 37.3 Å². The Kier molecular flexibility index (Phi) is 6.34. The van der Waals surface area contributed by atoms with Crippen molar-refractivity contribution in [3.63, 3.8) is 0 Å². The average molecular weight is 385 g/mol. The van der Waals surface area contributed by atoms with E-state index in [1.807, 2.05) is 23.1 Å². The fourth-order valence-corrected chi connectivity index (χ4v) is 3.54. The minimum absolute atomic E-state index is 0.0743. The second-order valence-corrected chi connectivity index (χ2v) is 6.99. The fraction of sp³-hybridized carbons (Fsp3) is 0.476. The Morgan fingerprint density at radius 2 is 1.75 bits per heavy atom. The van der Waals surface area contributed by atoms with Crippen LogP contribution in [0.25, 0.3) is 0 Å². The molecule has 2 aromatic carbocycles. The highest BCUT2D eigenvalue weighted by Gasteiger charge is 2.30. The molecule has 0 unspecified atom stereocenters. The Morgan fingerprint density at radius 1 is 1.07 bits per heavy atom. The first kappa shape index (κ1) is 19.9. The maximum absolute atomic E-state index is 12.2. The molecule has 0 radical (unpaired) electrons. The van der Waals surface area contributed by atoms with E-state index >= 15 is 0 Å². The zero-order valence-electron chi connectivity index (χ0n) is 16.4. The number of nitrogens with zero attached hydrogens (tertiary/aromatic N) is 2. The first-order valence-corrected chi connectivity index (χ1v) is 9.85. The molecule has 1 heterocycles. The van der Waals surface area contributed by atoms with E-state index in [1.165, 1.54) is 5.56 Å². The van der Waals surface area contributed by atoms with Crippen molar-refractivity contribution in [3.8, 4) is 0 Å². The van der Waals surface area contributed by atoms with Crippen LogP contribution >= 0.6 is 0 Å². The monoisotopic (exact) mass is 385 g/mol. The summed E-state index contributed by atoms with van der Waals surface area (Å²) in [6.45, 7) is 6.13. The first-order chi connectivity index (χ1) is 13.5. The Morgan fingerprint density at radius 3 is 2.36 bits per heavy atom. The lowest BCUT2D eigenvalue weighted by Crippen LogP contribution is -2.53. The smallest absolute Gasteiger partial charge is 0.409 e. The number of amides is 1. The molecule has 3 rings (SSSR count). The predicted octanol–water partition coefficient (Wildman–Crippen LogP) is 1.99. The molecular weight excluding hydrogens is 358 g/mol. The van der Waals surface area contributed by atoms with Crippen LogP contribution in [0, 0.1) is 0 Å². The third-order valence-corrected chi connectivity index (χ3v) is 5.17. The van der Waals surface area contributed by atoms with Crippen LogP contribution in [0.2, 0.25) is 0 Å². The summed E-state index contributed by atoms with van der Waals surface area (Å²) in [6, 6.07) is 10.2. The summed E-state index contributed by atoms with van der Waals surface area (Å²) < 4.78 is 5.02. The predicted molar refractivity (Wildman–Crippen MR) is 110 cm³/mol. The molecule has 28 heavy (non-hydrogen) atoms. The van der Waals surface area contributed by atoms with Crippen molar-refractivity contribution in [2.75, 3.05) is 43.0 Å². The molecule has 1 aliphatic heterocycles. The third kappa shape index (κ3) is 4.18. The number of ether oxygens (including phenoxy) is 1. The molecule has 7 nitrogen and oxygen atoms in total. The molecular formula is C21H27N3O4. The maximum Gasteiger partial charge on any atom is 0.409 e. The van der Waals surface area contributed by atoms with Gasteiger partial charge in [-0.2, -0.15) is 0 Å². The molecule has 0 bridgehead atoms. The number of rotatable bonds is 7. The van der Waals surface area contributed by atoms with Crippen LogP contribution in [0.1, 0.15) is 25.8 Å². The van der Waals surface area contributed by atoms with Crippen LogP contribution in [0.3, 0.4) is 0 Å².